The van der Waals surface area contributed by atoms with Crippen molar-refractivity contribution in [1.82, 2.24) is 5.01 Å². The highest BCUT2D eigenvalue weighted by atomic mass is 19.3. The van der Waals surface area contributed by atoms with Crippen molar-refractivity contribution in [3.05, 3.63) is 35.4 Å². The van der Waals surface area contributed by atoms with Gasteiger partial charge in [-0.3, -0.25) is 4.79 Å². The number of rotatable bonds is 3. The predicted molar refractivity (Wildman–Crippen MR) is 80.3 cm³/mol. The molecule has 24 heavy (non-hydrogen) atoms. The highest BCUT2D eigenvalue weighted by molar-refractivity contribution is 5.99. The van der Waals surface area contributed by atoms with Crippen molar-refractivity contribution in [3.8, 4) is 0 Å². The van der Waals surface area contributed by atoms with E-state index >= 15 is 0 Å². The summed E-state index contributed by atoms with van der Waals surface area (Å²) in [5.41, 5.74) is -3.31. The van der Waals surface area contributed by atoms with Gasteiger partial charge in [0.15, 0.2) is 0 Å². The molecule has 0 aromatic heterocycles. The summed E-state index contributed by atoms with van der Waals surface area (Å²) in [7, 11) is 0. The SMILES string of the molecule is CC(C)(C)c1ccc(C(=O)N2N=C(C(F)F)C[C@@]2(O)C(F)F)cc1. The molecule has 1 aromatic rings. The van der Waals surface area contributed by atoms with Crippen LogP contribution in [0, 0.1) is 0 Å². The van der Waals surface area contributed by atoms with E-state index in [0.29, 0.717) is 0 Å². The van der Waals surface area contributed by atoms with Crippen molar-refractivity contribution in [3.63, 3.8) is 0 Å². The van der Waals surface area contributed by atoms with Crippen LogP contribution in [0.4, 0.5) is 17.6 Å². The van der Waals surface area contributed by atoms with Crippen LogP contribution in [-0.4, -0.2) is 40.3 Å². The number of carbonyl (C=O) groups is 1. The molecule has 0 fully saturated rings. The molecule has 1 amide bonds. The number of hydrazone groups is 1. The fourth-order valence-electron chi connectivity index (χ4n) is 2.34. The summed E-state index contributed by atoms with van der Waals surface area (Å²) in [6, 6.07) is 6.07. The number of benzene rings is 1. The zero-order valence-corrected chi connectivity index (χ0v) is 13.4. The van der Waals surface area contributed by atoms with Gasteiger partial charge in [0.25, 0.3) is 18.8 Å². The molecular weight excluding hydrogens is 328 g/mol. The standard InChI is InChI=1S/C16H18F4N2O2/c1-15(2,3)10-6-4-9(5-7-10)13(23)22-16(24,14(19)20)8-11(21-22)12(17)18/h4-7,12,14,24H,8H2,1-3H3/t16-/m1/s1. The first kappa shape index (κ1) is 18.4. The Balaban J connectivity index is 2.35. The first-order valence-corrected chi connectivity index (χ1v) is 7.28. The zero-order valence-electron chi connectivity index (χ0n) is 13.4. The summed E-state index contributed by atoms with van der Waals surface area (Å²) in [6.45, 7) is 5.87. The van der Waals surface area contributed by atoms with Crippen LogP contribution in [0.15, 0.2) is 29.4 Å². The lowest BCUT2D eigenvalue weighted by Crippen LogP contribution is -2.51. The maximum Gasteiger partial charge on any atom is 0.287 e. The lowest BCUT2D eigenvalue weighted by Gasteiger charge is -2.30. The van der Waals surface area contributed by atoms with Crippen LogP contribution in [0.25, 0.3) is 0 Å². The molecule has 0 bridgehead atoms. The van der Waals surface area contributed by atoms with Gasteiger partial charge in [-0.1, -0.05) is 32.9 Å². The highest BCUT2D eigenvalue weighted by Gasteiger charge is 2.53. The molecule has 1 heterocycles. The van der Waals surface area contributed by atoms with Gasteiger partial charge in [0.1, 0.15) is 5.71 Å². The van der Waals surface area contributed by atoms with E-state index in [-0.39, 0.29) is 16.0 Å². The Kier molecular flexibility index (Phi) is 4.72. The number of hydrogen-bond donors (Lipinski definition) is 1. The Morgan fingerprint density at radius 3 is 2.17 bits per heavy atom. The molecular formula is C16H18F4N2O2. The van der Waals surface area contributed by atoms with Crippen LogP contribution < -0.4 is 0 Å². The number of alkyl halides is 4. The average molecular weight is 346 g/mol. The van der Waals surface area contributed by atoms with Crippen molar-refractivity contribution in [2.75, 3.05) is 0 Å². The number of aliphatic hydroxyl groups is 1. The quantitative estimate of drug-likeness (QED) is 0.853. The molecule has 0 radical (unpaired) electrons. The fraction of sp³-hybridized carbons (Fsp3) is 0.500. The Morgan fingerprint density at radius 1 is 1.21 bits per heavy atom. The molecule has 2 rings (SSSR count). The van der Waals surface area contributed by atoms with Crippen LogP contribution in [-0.2, 0) is 5.41 Å². The molecule has 0 unspecified atom stereocenters. The van der Waals surface area contributed by atoms with Gasteiger partial charge >= 0.3 is 0 Å². The van der Waals surface area contributed by atoms with Crippen molar-refractivity contribution < 1.29 is 27.5 Å². The van der Waals surface area contributed by atoms with Crippen LogP contribution in [0.3, 0.4) is 0 Å². The normalized spacial score (nSPS) is 21.6. The zero-order chi connectivity index (χ0) is 18.3. The molecule has 8 heteroatoms. The number of carbonyl (C=O) groups excluding carboxylic acids is 1. The summed E-state index contributed by atoms with van der Waals surface area (Å²) in [5.74, 6) is -1.06. The molecule has 0 saturated carbocycles. The van der Waals surface area contributed by atoms with E-state index in [1.165, 1.54) is 12.1 Å². The molecule has 0 spiro atoms. The summed E-state index contributed by atoms with van der Waals surface area (Å²) in [5, 5.41) is 13.3. The second-order valence-electron chi connectivity index (χ2n) is 6.69. The first-order valence-electron chi connectivity index (χ1n) is 7.28. The maximum atomic E-state index is 13.1. The number of hydrogen-bond acceptors (Lipinski definition) is 3. The molecule has 4 nitrogen and oxygen atoms in total. The maximum absolute atomic E-state index is 13.1. The van der Waals surface area contributed by atoms with Crippen molar-refractivity contribution >= 4 is 11.6 Å². The molecule has 1 aliphatic heterocycles. The van der Waals surface area contributed by atoms with Gasteiger partial charge in [-0.15, -0.1) is 0 Å². The monoisotopic (exact) mass is 346 g/mol. The molecule has 0 aliphatic carbocycles. The lowest BCUT2D eigenvalue weighted by atomic mass is 9.86. The second kappa shape index (κ2) is 6.16. The van der Waals surface area contributed by atoms with E-state index in [1.54, 1.807) is 12.1 Å². The predicted octanol–water partition coefficient (Wildman–Crippen LogP) is 3.40. The first-order chi connectivity index (χ1) is 11.0. The Morgan fingerprint density at radius 2 is 1.75 bits per heavy atom. The second-order valence-corrected chi connectivity index (χ2v) is 6.69. The van der Waals surface area contributed by atoms with E-state index in [1.807, 2.05) is 20.8 Å². The van der Waals surface area contributed by atoms with Gasteiger partial charge in [-0.05, 0) is 23.1 Å². The van der Waals surface area contributed by atoms with Crippen LogP contribution in [0.5, 0.6) is 0 Å². The van der Waals surface area contributed by atoms with E-state index in [9.17, 15) is 27.5 Å². The van der Waals surface area contributed by atoms with Crippen LogP contribution in [0.2, 0.25) is 0 Å². The van der Waals surface area contributed by atoms with Gasteiger partial charge in [0.05, 0.1) is 0 Å². The van der Waals surface area contributed by atoms with E-state index < -0.39 is 36.6 Å². The van der Waals surface area contributed by atoms with E-state index in [2.05, 4.69) is 5.10 Å². The topological polar surface area (TPSA) is 52.9 Å². The summed E-state index contributed by atoms with van der Waals surface area (Å²) in [4.78, 5) is 12.4. The minimum Gasteiger partial charge on any atom is -0.364 e. The summed E-state index contributed by atoms with van der Waals surface area (Å²) < 4.78 is 51.8. The average Bonchev–Trinajstić information content (AvgIpc) is 2.85. The molecule has 0 saturated heterocycles. The minimum absolute atomic E-state index is 0.0265. The molecule has 1 N–H and O–H groups in total. The van der Waals surface area contributed by atoms with Crippen LogP contribution >= 0.6 is 0 Å². The van der Waals surface area contributed by atoms with E-state index in [4.69, 9.17) is 0 Å². The smallest absolute Gasteiger partial charge is 0.287 e. The Labute approximate surface area is 136 Å². The minimum atomic E-state index is -3.43. The largest absolute Gasteiger partial charge is 0.364 e. The van der Waals surface area contributed by atoms with Gasteiger partial charge in [-0.2, -0.15) is 10.1 Å². The summed E-state index contributed by atoms with van der Waals surface area (Å²) in [6.07, 6.45) is -7.65. The molecule has 132 valence electrons. The Bertz CT molecular complexity index is 653. The lowest BCUT2D eigenvalue weighted by molar-refractivity contribution is -0.164. The summed E-state index contributed by atoms with van der Waals surface area (Å²) >= 11 is 0. The van der Waals surface area contributed by atoms with Crippen molar-refractivity contribution in [2.45, 2.75) is 51.2 Å². The van der Waals surface area contributed by atoms with Gasteiger partial charge in [0, 0.05) is 12.0 Å². The van der Waals surface area contributed by atoms with E-state index in [0.717, 1.165) is 5.56 Å². The number of halogens is 4. The number of amides is 1. The van der Waals surface area contributed by atoms with Crippen molar-refractivity contribution in [1.29, 1.82) is 0 Å². The van der Waals surface area contributed by atoms with Crippen molar-refractivity contribution in [2.24, 2.45) is 5.10 Å². The third-order valence-electron chi connectivity index (χ3n) is 3.83. The van der Waals surface area contributed by atoms with Crippen LogP contribution in [0.1, 0.15) is 43.1 Å². The third kappa shape index (κ3) is 3.28. The van der Waals surface area contributed by atoms with Gasteiger partial charge in [-0.25, -0.2) is 17.6 Å². The third-order valence-corrected chi connectivity index (χ3v) is 3.83. The fourth-order valence-corrected chi connectivity index (χ4v) is 2.34. The molecule has 1 aliphatic rings. The van der Waals surface area contributed by atoms with Gasteiger partial charge < -0.3 is 5.11 Å². The van der Waals surface area contributed by atoms with Gasteiger partial charge in [0.2, 0.25) is 5.72 Å². The highest BCUT2D eigenvalue weighted by Crippen LogP contribution is 2.34. The molecule has 1 atom stereocenters. The number of nitrogens with zero attached hydrogens (tertiary/aromatic N) is 2. The molecule has 1 aromatic carbocycles. The Hall–Kier alpha value is -1.96.